The summed E-state index contributed by atoms with van der Waals surface area (Å²) in [5, 5.41) is 4.05. The second-order valence-electron chi connectivity index (χ2n) is 8.94. The Labute approximate surface area is 239 Å². The van der Waals surface area contributed by atoms with Crippen molar-refractivity contribution in [1.29, 1.82) is 0 Å². The number of nitrogens with zero attached hydrogens (tertiary/aromatic N) is 2. The molecular weight excluding hydrogens is 582 g/mol. The standard InChI is InChI=1S/C30H25BrClN3O2S/c1-18-15-22(16-28-29(36)34-30(38-28)33-27-6-4-5-26(32)19(27)2)20(3)35(18)24-11-13-25(14-12-24)37-17-21-7-9-23(31)10-8-21/h4-16H,17H2,1-3H3,(H,33,34,36)/b28-16-. The van der Waals surface area contributed by atoms with Crippen LogP contribution >= 0.6 is 39.3 Å². The van der Waals surface area contributed by atoms with Crippen molar-refractivity contribution in [2.24, 2.45) is 4.99 Å². The summed E-state index contributed by atoms with van der Waals surface area (Å²) >= 11 is 11.0. The van der Waals surface area contributed by atoms with Gasteiger partial charge in [0.05, 0.1) is 10.6 Å². The Balaban J connectivity index is 1.33. The zero-order valence-corrected chi connectivity index (χ0v) is 24.2. The van der Waals surface area contributed by atoms with E-state index < -0.39 is 0 Å². The number of aromatic nitrogens is 1. The zero-order valence-electron chi connectivity index (χ0n) is 21.1. The Bertz CT molecular complexity index is 1570. The normalized spacial score (nSPS) is 15.3. The molecule has 3 aromatic carbocycles. The van der Waals surface area contributed by atoms with Crippen LogP contribution in [0.4, 0.5) is 5.69 Å². The first-order valence-corrected chi connectivity index (χ1v) is 14.0. The molecule has 38 heavy (non-hydrogen) atoms. The molecule has 5 nitrogen and oxygen atoms in total. The summed E-state index contributed by atoms with van der Waals surface area (Å²) in [6.07, 6.45) is 1.92. The Morgan fingerprint density at radius 3 is 2.53 bits per heavy atom. The van der Waals surface area contributed by atoms with Crippen molar-refractivity contribution in [1.82, 2.24) is 9.88 Å². The molecule has 1 N–H and O–H groups in total. The Hall–Kier alpha value is -3.26. The van der Waals surface area contributed by atoms with E-state index in [1.165, 1.54) is 11.8 Å². The van der Waals surface area contributed by atoms with Crippen molar-refractivity contribution in [3.8, 4) is 11.4 Å². The Kier molecular flexibility index (Phi) is 7.79. The number of carbonyl (C=O) groups is 1. The molecule has 1 aliphatic rings. The van der Waals surface area contributed by atoms with Crippen LogP contribution in [0.25, 0.3) is 11.8 Å². The van der Waals surface area contributed by atoms with Crippen molar-refractivity contribution in [3.63, 3.8) is 0 Å². The molecule has 5 rings (SSSR count). The lowest BCUT2D eigenvalue weighted by atomic mass is 10.2. The summed E-state index contributed by atoms with van der Waals surface area (Å²) in [7, 11) is 0. The molecule has 4 aromatic rings. The van der Waals surface area contributed by atoms with Crippen molar-refractivity contribution < 1.29 is 9.53 Å². The molecule has 0 radical (unpaired) electrons. The van der Waals surface area contributed by atoms with Crippen LogP contribution in [0.5, 0.6) is 5.75 Å². The summed E-state index contributed by atoms with van der Waals surface area (Å²) in [5.41, 5.74) is 6.86. The van der Waals surface area contributed by atoms with E-state index in [2.05, 4.69) is 50.7 Å². The number of rotatable bonds is 6. The molecular formula is C30H25BrClN3O2S. The predicted molar refractivity (Wildman–Crippen MR) is 161 cm³/mol. The fraction of sp³-hybridized carbons (Fsp3) is 0.133. The molecule has 0 atom stereocenters. The molecule has 1 aromatic heterocycles. The summed E-state index contributed by atoms with van der Waals surface area (Å²) in [4.78, 5) is 17.9. The van der Waals surface area contributed by atoms with E-state index in [1.54, 1.807) is 0 Å². The molecule has 1 saturated heterocycles. The molecule has 1 aliphatic heterocycles. The van der Waals surface area contributed by atoms with Crippen LogP contribution in [0.2, 0.25) is 5.02 Å². The van der Waals surface area contributed by atoms with Gasteiger partial charge >= 0.3 is 0 Å². The molecule has 192 valence electrons. The third kappa shape index (κ3) is 5.75. The number of benzene rings is 3. The number of ether oxygens (including phenoxy) is 1. The highest BCUT2D eigenvalue weighted by Gasteiger charge is 2.25. The lowest BCUT2D eigenvalue weighted by Gasteiger charge is -2.11. The first kappa shape index (κ1) is 26.4. The number of aliphatic imine (C=N–C) groups is 1. The van der Waals surface area contributed by atoms with E-state index in [1.807, 2.05) is 79.7 Å². The molecule has 1 fully saturated rings. The van der Waals surface area contributed by atoms with Gasteiger partial charge in [0.2, 0.25) is 0 Å². The van der Waals surface area contributed by atoms with E-state index in [0.717, 1.165) is 49.7 Å². The molecule has 8 heteroatoms. The van der Waals surface area contributed by atoms with Gasteiger partial charge in [-0.15, -0.1) is 0 Å². The van der Waals surface area contributed by atoms with Crippen molar-refractivity contribution in [3.05, 3.63) is 115 Å². The van der Waals surface area contributed by atoms with Crippen LogP contribution in [0.1, 0.15) is 28.1 Å². The topological polar surface area (TPSA) is 55.6 Å². The highest BCUT2D eigenvalue weighted by atomic mass is 79.9. The van der Waals surface area contributed by atoms with Gasteiger partial charge in [-0.3, -0.25) is 4.79 Å². The average molecular weight is 607 g/mol. The number of nitrogens with one attached hydrogen (secondary N) is 1. The van der Waals surface area contributed by atoms with Crippen LogP contribution in [0.3, 0.4) is 0 Å². The summed E-state index contributed by atoms with van der Waals surface area (Å²) in [6.45, 7) is 6.53. The fourth-order valence-corrected chi connectivity index (χ4v) is 5.48. The van der Waals surface area contributed by atoms with Crippen molar-refractivity contribution in [2.45, 2.75) is 27.4 Å². The van der Waals surface area contributed by atoms with Crippen LogP contribution in [-0.4, -0.2) is 15.6 Å². The minimum Gasteiger partial charge on any atom is -0.489 e. The monoisotopic (exact) mass is 605 g/mol. The Morgan fingerprint density at radius 2 is 1.79 bits per heavy atom. The zero-order chi connectivity index (χ0) is 26.8. The number of amides is 1. The van der Waals surface area contributed by atoms with Gasteiger partial charge in [0, 0.05) is 26.6 Å². The third-order valence-electron chi connectivity index (χ3n) is 6.28. The van der Waals surface area contributed by atoms with Crippen LogP contribution < -0.4 is 10.1 Å². The first-order chi connectivity index (χ1) is 18.3. The summed E-state index contributed by atoms with van der Waals surface area (Å²) < 4.78 is 9.18. The van der Waals surface area contributed by atoms with Gasteiger partial charge in [-0.05, 0) is 110 Å². The maximum atomic E-state index is 12.7. The van der Waals surface area contributed by atoms with Gasteiger partial charge in [0.25, 0.3) is 5.91 Å². The van der Waals surface area contributed by atoms with Gasteiger partial charge in [-0.25, -0.2) is 4.99 Å². The van der Waals surface area contributed by atoms with Gasteiger partial charge in [-0.2, -0.15) is 0 Å². The molecule has 0 bridgehead atoms. The van der Waals surface area contributed by atoms with Gasteiger partial charge < -0.3 is 14.6 Å². The largest absolute Gasteiger partial charge is 0.489 e. The number of hydrogen-bond donors (Lipinski definition) is 1. The van der Waals surface area contributed by atoms with E-state index in [-0.39, 0.29) is 5.91 Å². The SMILES string of the molecule is Cc1c(Cl)cccc1N=C1NC(=O)/C(=C/c2cc(C)n(-c3ccc(OCc4ccc(Br)cc4)cc3)c2C)S1. The van der Waals surface area contributed by atoms with Crippen LogP contribution in [0.15, 0.2) is 87.2 Å². The highest BCUT2D eigenvalue weighted by molar-refractivity contribution is 9.10. The quantitative estimate of drug-likeness (QED) is 0.225. The van der Waals surface area contributed by atoms with Crippen molar-refractivity contribution >= 4 is 62.1 Å². The van der Waals surface area contributed by atoms with Gasteiger partial charge in [0.15, 0.2) is 5.17 Å². The molecule has 0 aliphatic carbocycles. The van der Waals surface area contributed by atoms with E-state index in [0.29, 0.717) is 21.7 Å². The molecule has 0 unspecified atom stereocenters. The van der Waals surface area contributed by atoms with Crippen LogP contribution in [0, 0.1) is 20.8 Å². The van der Waals surface area contributed by atoms with Crippen molar-refractivity contribution in [2.75, 3.05) is 0 Å². The molecule has 1 amide bonds. The number of halogens is 2. The third-order valence-corrected chi connectivity index (χ3v) is 8.13. The number of aryl methyl sites for hydroxylation is 1. The van der Waals surface area contributed by atoms with E-state index in [9.17, 15) is 4.79 Å². The molecule has 0 saturated carbocycles. The summed E-state index contributed by atoms with van der Waals surface area (Å²) in [5.74, 6) is 0.646. The van der Waals surface area contributed by atoms with E-state index in [4.69, 9.17) is 16.3 Å². The van der Waals surface area contributed by atoms with E-state index >= 15 is 0 Å². The second kappa shape index (κ2) is 11.2. The first-order valence-electron chi connectivity index (χ1n) is 12.0. The number of amidine groups is 1. The fourth-order valence-electron chi connectivity index (χ4n) is 4.22. The highest BCUT2D eigenvalue weighted by Crippen LogP contribution is 2.32. The number of thioether (sulfide) groups is 1. The van der Waals surface area contributed by atoms with Gasteiger partial charge in [0.1, 0.15) is 12.4 Å². The lowest BCUT2D eigenvalue weighted by molar-refractivity contribution is -0.115. The molecule has 0 spiro atoms. The summed E-state index contributed by atoms with van der Waals surface area (Å²) in [6, 6.07) is 23.8. The second-order valence-corrected chi connectivity index (χ2v) is 11.3. The van der Waals surface area contributed by atoms with Gasteiger partial charge in [-0.1, -0.05) is 45.7 Å². The smallest absolute Gasteiger partial charge is 0.264 e. The molecule has 2 heterocycles. The maximum absolute atomic E-state index is 12.7. The number of carbonyl (C=O) groups excluding carboxylic acids is 1. The maximum Gasteiger partial charge on any atom is 0.264 e. The minimum atomic E-state index is -0.162. The lowest BCUT2D eigenvalue weighted by Crippen LogP contribution is -2.19. The predicted octanol–water partition coefficient (Wildman–Crippen LogP) is 8.29. The van der Waals surface area contributed by atoms with Crippen LogP contribution in [-0.2, 0) is 11.4 Å². The number of hydrogen-bond acceptors (Lipinski definition) is 4. The minimum absolute atomic E-state index is 0.162. The Morgan fingerprint density at radius 1 is 1.05 bits per heavy atom. The average Bonchev–Trinajstić information content (AvgIpc) is 3.39.